The van der Waals surface area contributed by atoms with E-state index in [9.17, 15) is 4.79 Å². The van der Waals surface area contributed by atoms with E-state index in [-0.39, 0.29) is 5.91 Å². The van der Waals surface area contributed by atoms with Gasteiger partial charge in [-0.25, -0.2) is 0 Å². The monoisotopic (exact) mass is 247 g/mol. The molecule has 0 saturated heterocycles. The minimum Gasteiger partial charge on any atom is -0.346 e. The summed E-state index contributed by atoms with van der Waals surface area (Å²) in [6, 6.07) is 1.72. The van der Waals surface area contributed by atoms with Crippen LogP contribution in [0.2, 0.25) is 0 Å². The fourth-order valence-electron chi connectivity index (χ4n) is 1.64. The van der Waals surface area contributed by atoms with Gasteiger partial charge in [-0.3, -0.25) is 14.2 Å². The molecule has 2 heterocycles. The Balaban J connectivity index is 1.98. The minimum atomic E-state index is -0.162. The van der Waals surface area contributed by atoms with Crippen molar-refractivity contribution < 1.29 is 4.79 Å². The third kappa shape index (κ3) is 2.42. The summed E-state index contributed by atoms with van der Waals surface area (Å²) in [7, 11) is 1.88. The number of aromatic nitrogens is 4. The molecule has 96 valence electrons. The molecule has 0 aliphatic carbocycles. The van der Waals surface area contributed by atoms with Gasteiger partial charge in [0.25, 0.3) is 5.91 Å². The summed E-state index contributed by atoms with van der Waals surface area (Å²) in [6.45, 7) is 5.18. The first-order valence-corrected chi connectivity index (χ1v) is 5.91. The molecule has 6 heteroatoms. The molecule has 18 heavy (non-hydrogen) atoms. The van der Waals surface area contributed by atoms with Crippen molar-refractivity contribution in [2.75, 3.05) is 0 Å². The molecule has 1 amide bonds. The van der Waals surface area contributed by atoms with Gasteiger partial charge < -0.3 is 5.32 Å². The second kappa shape index (κ2) is 5.03. The van der Waals surface area contributed by atoms with Gasteiger partial charge in [-0.2, -0.15) is 10.2 Å². The molecule has 2 aromatic heterocycles. The van der Waals surface area contributed by atoms with Crippen molar-refractivity contribution >= 4 is 5.91 Å². The van der Waals surface area contributed by atoms with Crippen LogP contribution < -0.4 is 5.32 Å². The molecule has 1 N–H and O–H groups in total. The van der Waals surface area contributed by atoms with Crippen LogP contribution in [0.25, 0.3) is 0 Å². The van der Waals surface area contributed by atoms with Crippen LogP contribution in [0, 0.1) is 6.92 Å². The van der Waals surface area contributed by atoms with Gasteiger partial charge in [-0.05, 0) is 19.9 Å². The molecule has 0 bridgehead atoms. The molecular weight excluding hydrogens is 230 g/mol. The fraction of sp³-hybridized carbons (Fsp3) is 0.417. The van der Waals surface area contributed by atoms with Gasteiger partial charge in [0.1, 0.15) is 5.69 Å². The highest BCUT2D eigenvalue weighted by molar-refractivity contribution is 5.92. The number of carbonyl (C=O) groups is 1. The van der Waals surface area contributed by atoms with Crippen molar-refractivity contribution in [2.45, 2.75) is 26.9 Å². The van der Waals surface area contributed by atoms with Crippen molar-refractivity contribution in [3.05, 3.63) is 35.4 Å². The van der Waals surface area contributed by atoms with Crippen molar-refractivity contribution in [3.8, 4) is 0 Å². The Labute approximate surface area is 106 Å². The summed E-state index contributed by atoms with van der Waals surface area (Å²) in [5.74, 6) is -0.162. The summed E-state index contributed by atoms with van der Waals surface area (Å²) in [5, 5.41) is 11.1. The molecule has 2 aromatic rings. The van der Waals surface area contributed by atoms with Crippen LogP contribution in [-0.2, 0) is 20.1 Å². The van der Waals surface area contributed by atoms with E-state index < -0.39 is 0 Å². The Kier molecular flexibility index (Phi) is 3.45. The molecule has 0 aromatic carbocycles. The quantitative estimate of drug-likeness (QED) is 0.872. The third-order valence-electron chi connectivity index (χ3n) is 2.97. The van der Waals surface area contributed by atoms with Crippen LogP contribution in [0.3, 0.4) is 0 Å². The van der Waals surface area contributed by atoms with Gasteiger partial charge in [-0.15, -0.1) is 0 Å². The summed E-state index contributed by atoms with van der Waals surface area (Å²) in [5.41, 5.74) is 2.51. The molecule has 0 aliphatic rings. The zero-order valence-electron chi connectivity index (χ0n) is 10.8. The van der Waals surface area contributed by atoms with Crippen LogP contribution in [-0.4, -0.2) is 25.5 Å². The zero-order valence-corrected chi connectivity index (χ0v) is 10.8. The standard InChI is InChI=1S/C12H17N5O/c1-4-17-6-5-11(15-17)12(18)13-7-10-8-14-16(3)9(10)2/h5-6,8H,4,7H2,1-3H3,(H,13,18). The Morgan fingerprint density at radius 2 is 2.28 bits per heavy atom. The van der Waals surface area contributed by atoms with E-state index in [4.69, 9.17) is 0 Å². The second-order valence-corrected chi connectivity index (χ2v) is 4.12. The lowest BCUT2D eigenvalue weighted by molar-refractivity contribution is 0.0945. The molecule has 0 radical (unpaired) electrons. The molecule has 6 nitrogen and oxygen atoms in total. The summed E-state index contributed by atoms with van der Waals surface area (Å²) >= 11 is 0. The Morgan fingerprint density at radius 3 is 2.83 bits per heavy atom. The molecule has 0 atom stereocenters. The topological polar surface area (TPSA) is 64.7 Å². The van der Waals surface area contributed by atoms with Crippen LogP contribution in [0.1, 0.15) is 28.7 Å². The predicted molar refractivity (Wildman–Crippen MR) is 67.0 cm³/mol. The zero-order chi connectivity index (χ0) is 13.1. The van der Waals surface area contributed by atoms with Crippen molar-refractivity contribution in [1.82, 2.24) is 24.9 Å². The van der Waals surface area contributed by atoms with Gasteiger partial charge in [0.2, 0.25) is 0 Å². The maximum Gasteiger partial charge on any atom is 0.272 e. The van der Waals surface area contributed by atoms with E-state index in [1.807, 2.05) is 20.9 Å². The number of nitrogens with zero attached hydrogens (tertiary/aromatic N) is 4. The SMILES string of the molecule is CCn1ccc(C(=O)NCc2cnn(C)c2C)n1. The number of hydrogen-bond acceptors (Lipinski definition) is 3. The van der Waals surface area contributed by atoms with Gasteiger partial charge in [0, 0.05) is 37.6 Å². The molecule has 0 saturated carbocycles. The van der Waals surface area contributed by atoms with Gasteiger partial charge in [0.15, 0.2) is 0 Å². The molecule has 0 unspecified atom stereocenters. The Morgan fingerprint density at radius 1 is 1.50 bits per heavy atom. The number of hydrogen-bond donors (Lipinski definition) is 1. The number of amides is 1. The maximum atomic E-state index is 11.9. The average Bonchev–Trinajstić information content (AvgIpc) is 2.96. The average molecular weight is 247 g/mol. The van der Waals surface area contributed by atoms with Gasteiger partial charge >= 0.3 is 0 Å². The van der Waals surface area contributed by atoms with Crippen LogP contribution in [0.5, 0.6) is 0 Å². The van der Waals surface area contributed by atoms with E-state index in [1.54, 1.807) is 27.8 Å². The van der Waals surface area contributed by atoms with Crippen LogP contribution >= 0.6 is 0 Å². The molecule has 0 spiro atoms. The second-order valence-electron chi connectivity index (χ2n) is 4.12. The highest BCUT2D eigenvalue weighted by atomic mass is 16.1. The van der Waals surface area contributed by atoms with E-state index in [0.717, 1.165) is 17.8 Å². The van der Waals surface area contributed by atoms with Crippen LogP contribution in [0.15, 0.2) is 18.5 Å². The van der Waals surface area contributed by atoms with Crippen molar-refractivity contribution in [1.29, 1.82) is 0 Å². The lowest BCUT2D eigenvalue weighted by Crippen LogP contribution is -2.23. The molecule has 2 rings (SSSR count). The first-order valence-electron chi connectivity index (χ1n) is 5.91. The smallest absolute Gasteiger partial charge is 0.272 e. The first-order chi connectivity index (χ1) is 8.61. The Bertz CT molecular complexity index is 555. The van der Waals surface area contributed by atoms with Crippen molar-refractivity contribution in [3.63, 3.8) is 0 Å². The maximum absolute atomic E-state index is 11.9. The first kappa shape index (κ1) is 12.3. The summed E-state index contributed by atoms with van der Waals surface area (Å²) in [6.07, 6.45) is 3.56. The van der Waals surface area contributed by atoms with E-state index in [2.05, 4.69) is 15.5 Å². The summed E-state index contributed by atoms with van der Waals surface area (Å²) < 4.78 is 3.51. The fourth-order valence-corrected chi connectivity index (χ4v) is 1.64. The normalized spacial score (nSPS) is 10.6. The number of aryl methyl sites for hydroxylation is 2. The largest absolute Gasteiger partial charge is 0.346 e. The number of rotatable bonds is 4. The predicted octanol–water partition coefficient (Wildman–Crippen LogP) is 0.875. The highest BCUT2D eigenvalue weighted by Gasteiger charge is 2.10. The van der Waals surface area contributed by atoms with Gasteiger partial charge in [0.05, 0.1) is 6.20 Å². The van der Waals surface area contributed by atoms with Crippen LogP contribution in [0.4, 0.5) is 0 Å². The Hall–Kier alpha value is -2.11. The summed E-state index contributed by atoms with van der Waals surface area (Å²) in [4.78, 5) is 11.9. The molecule has 0 fully saturated rings. The van der Waals surface area contributed by atoms with E-state index in [0.29, 0.717) is 12.2 Å². The number of nitrogens with one attached hydrogen (secondary N) is 1. The lowest BCUT2D eigenvalue weighted by atomic mass is 10.2. The third-order valence-corrected chi connectivity index (χ3v) is 2.97. The number of carbonyl (C=O) groups excluding carboxylic acids is 1. The molecule has 0 aliphatic heterocycles. The molecular formula is C12H17N5O. The van der Waals surface area contributed by atoms with E-state index in [1.165, 1.54) is 0 Å². The lowest BCUT2D eigenvalue weighted by Gasteiger charge is -2.03. The highest BCUT2D eigenvalue weighted by Crippen LogP contribution is 2.05. The van der Waals surface area contributed by atoms with E-state index >= 15 is 0 Å². The minimum absolute atomic E-state index is 0.162. The van der Waals surface area contributed by atoms with Gasteiger partial charge in [-0.1, -0.05) is 0 Å². The van der Waals surface area contributed by atoms with Crippen molar-refractivity contribution in [2.24, 2.45) is 7.05 Å².